The molecule has 1 aliphatic heterocycles. The number of rotatable bonds is 0. The first-order valence-corrected chi connectivity index (χ1v) is 2.99. The molecule has 0 amide bonds. The molecule has 1 atom stereocenters. The quantitative estimate of drug-likeness (QED) is 0.449. The summed E-state index contributed by atoms with van der Waals surface area (Å²) < 4.78 is 0. The van der Waals surface area contributed by atoms with Gasteiger partial charge in [0, 0.05) is 6.21 Å². The molecule has 0 bridgehead atoms. The van der Waals surface area contributed by atoms with Crippen molar-refractivity contribution in [3.63, 3.8) is 0 Å². The van der Waals surface area contributed by atoms with Crippen LogP contribution in [0.25, 0.3) is 0 Å². The standard InChI is InChI=1S/C7H11N/c1-6-3-4-7(2)8-5-6/h3,5,7H,4H2,1-2H3/t7-/m0/s1. The normalized spacial score (nSPS) is 27.8. The lowest BCUT2D eigenvalue weighted by Gasteiger charge is -2.06. The highest BCUT2D eigenvalue weighted by Gasteiger charge is 1.98. The second-order valence-corrected chi connectivity index (χ2v) is 2.31. The van der Waals surface area contributed by atoms with Crippen molar-refractivity contribution in [3.8, 4) is 0 Å². The van der Waals surface area contributed by atoms with Crippen molar-refractivity contribution in [1.29, 1.82) is 0 Å². The molecule has 0 aromatic rings. The molecule has 0 spiro atoms. The highest BCUT2D eigenvalue weighted by Crippen LogP contribution is 2.05. The number of aliphatic imine (C=N–C) groups is 1. The maximum absolute atomic E-state index is 4.22. The summed E-state index contributed by atoms with van der Waals surface area (Å²) in [6, 6.07) is 0.513. The molecule has 0 aromatic heterocycles. The minimum Gasteiger partial charge on any atom is -0.290 e. The highest BCUT2D eigenvalue weighted by atomic mass is 14.8. The number of hydrogen-bond acceptors (Lipinski definition) is 1. The molecule has 1 heterocycles. The highest BCUT2D eigenvalue weighted by molar-refractivity contribution is 5.78. The van der Waals surface area contributed by atoms with Crippen molar-refractivity contribution in [2.75, 3.05) is 0 Å². The topological polar surface area (TPSA) is 12.4 Å². The third-order valence-corrected chi connectivity index (χ3v) is 1.31. The average Bonchev–Trinajstić information content (AvgIpc) is 1.77. The van der Waals surface area contributed by atoms with Gasteiger partial charge in [-0.25, -0.2) is 0 Å². The lowest BCUT2D eigenvalue weighted by Crippen LogP contribution is -2.01. The van der Waals surface area contributed by atoms with E-state index in [0.29, 0.717) is 6.04 Å². The average molecular weight is 109 g/mol. The fraction of sp³-hybridized carbons (Fsp3) is 0.571. The van der Waals surface area contributed by atoms with Crippen LogP contribution in [0.5, 0.6) is 0 Å². The van der Waals surface area contributed by atoms with Gasteiger partial charge in [0.2, 0.25) is 0 Å². The second kappa shape index (κ2) is 2.12. The zero-order valence-corrected chi connectivity index (χ0v) is 5.39. The minimum atomic E-state index is 0.513. The molecular weight excluding hydrogens is 98.1 g/mol. The summed E-state index contributed by atoms with van der Waals surface area (Å²) in [5.74, 6) is 0. The van der Waals surface area contributed by atoms with Crippen molar-refractivity contribution < 1.29 is 0 Å². The van der Waals surface area contributed by atoms with Gasteiger partial charge in [-0.3, -0.25) is 4.99 Å². The van der Waals surface area contributed by atoms with Gasteiger partial charge < -0.3 is 0 Å². The van der Waals surface area contributed by atoms with Crippen molar-refractivity contribution in [1.82, 2.24) is 0 Å². The van der Waals surface area contributed by atoms with Crippen LogP contribution in [0, 0.1) is 0 Å². The molecule has 0 radical (unpaired) electrons. The van der Waals surface area contributed by atoms with Gasteiger partial charge in [-0.1, -0.05) is 6.08 Å². The first-order valence-electron chi connectivity index (χ1n) is 2.99. The smallest absolute Gasteiger partial charge is 0.0506 e. The summed E-state index contributed by atoms with van der Waals surface area (Å²) in [5.41, 5.74) is 1.29. The van der Waals surface area contributed by atoms with E-state index in [2.05, 4.69) is 24.9 Å². The van der Waals surface area contributed by atoms with Crippen LogP contribution in [-0.2, 0) is 0 Å². The molecule has 1 nitrogen and oxygen atoms in total. The Morgan fingerprint density at radius 2 is 2.50 bits per heavy atom. The fourth-order valence-corrected chi connectivity index (χ4v) is 0.715. The number of dihydropyridines is 1. The third-order valence-electron chi connectivity index (χ3n) is 1.31. The van der Waals surface area contributed by atoms with Gasteiger partial charge in [-0.2, -0.15) is 0 Å². The Bertz CT molecular complexity index is 133. The van der Waals surface area contributed by atoms with Gasteiger partial charge in [-0.05, 0) is 25.8 Å². The lowest BCUT2D eigenvalue weighted by molar-refractivity contribution is 0.752. The van der Waals surface area contributed by atoms with Gasteiger partial charge in [0.15, 0.2) is 0 Å². The van der Waals surface area contributed by atoms with E-state index < -0.39 is 0 Å². The van der Waals surface area contributed by atoms with E-state index in [0.717, 1.165) is 6.42 Å². The van der Waals surface area contributed by atoms with E-state index >= 15 is 0 Å². The lowest BCUT2D eigenvalue weighted by atomic mass is 10.1. The summed E-state index contributed by atoms with van der Waals surface area (Å²) >= 11 is 0. The predicted molar refractivity (Wildman–Crippen MR) is 36.3 cm³/mol. The Balaban J connectivity index is 2.58. The first kappa shape index (κ1) is 5.54. The Kier molecular flexibility index (Phi) is 1.47. The molecule has 0 fully saturated rings. The molecule has 8 heavy (non-hydrogen) atoms. The van der Waals surface area contributed by atoms with Crippen LogP contribution in [0.4, 0.5) is 0 Å². The van der Waals surface area contributed by atoms with Crippen LogP contribution >= 0.6 is 0 Å². The fourth-order valence-electron chi connectivity index (χ4n) is 0.715. The van der Waals surface area contributed by atoms with Crippen LogP contribution < -0.4 is 0 Å². The van der Waals surface area contributed by atoms with E-state index in [1.807, 2.05) is 6.21 Å². The Morgan fingerprint density at radius 1 is 1.75 bits per heavy atom. The van der Waals surface area contributed by atoms with Crippen molar-refractivity contribution in [2.24, 2.45) is 4.99 Å². The molecule has 0 unspecified atom stereocenters. The summed E-state index contributed by atoms with van der Waals surface area (Å²) in [7, 11) is 0. The van der Waals surface area contributed by atoms with Crippen molar-refractivity contribution >= 4 is 6.21 Å². The summed E-state index contributed by atoms with van der Waals surface area (Å²) in [6.45, 7) is 4.20. The maximum atomic E-state index is 4.22. The molecule has 0 aliphatic carbocycles. The van der Waals surface area contributed by atoms with Gasteiger partial charge in [0.25, 0.3) is 0 Å². The van der Waals surface area contributed by atoms with E-state index in [4.69, 9.17) is 0 Å². The van der Waals surface area contributed by atoms with Crippen LogP contribution in [0.15, 0.2) is 16.6 Å². The molecule has 44 valence electrons. The van der Waals surface area contributed by atoms with E-state index in [1.54, 1.807) is 0 Å². The molecular formula is C7H11N. The van der Waals surface area contributed by atoms with Gasteiger partial charge >= 0.3 is 0 Å². The zero-order valence-electron chi connectivity index (χ0n) is 5.39. The second-order valence-electron chi connectivity index (χ2n) is 2.31. The Labute approximate surface area is 50.1 Å². The Morgan fingerprint density at radius 3 is 2.88 bits per heavy atom. The predicted octanol–water partition coefficient (Wildman–Crippen LogP) is 1.80. The van der Waals surface area contributed by atoms with E-state index in [1.165, 1.54) is 5.57 Å². The van der Waals surface area contributed by atoms with Crippen LogP contribution in [0.1, 0.15) is 20.3 Å². The summed E-state index contributed by atoms with van der Waals surface area (Å²) in [4.78, 5) is 4.22. The van der Waals surface area contributed by atoms with Crippen LogP contribution in [0.3, 0.4) is 0 Å². The molecule has 1 rings (SSSR count). The molecule has 0 aromatic carbocycles. The van der Waals surface area contributed by atoms with Gasteiger partial charge in [-0.15, -0.1) is 0 Å². The zero-order chi connectivity index (χ0) is 5.98. The Hall–Kier alpha value is -0.590. The van der Waals surface area contributed by atoms with Crippen molar-refractivity contribution in [2.45, 2.75) is 26.3 Å². The monoisotopic (exact) mass is 109 g/mol. The van der Waals surface area contributed by atoms with Crippen LogP contribution in [-0.4, -0.2) is 12.3 Å². The van der Waals surface area contributed by atoms with E-state index in [-0.39, 0.29) is 0 Å². The molecule has 0 N–H and O–H groups in total. The number of hydrogen-bond donors (Lipinski definition) is 0. The summed E-state index contributed by atoms with van der Waals surface area (Å²) in [6.07, 6.45) is 5.27. The number of nitrogens with zero attached hydrogens (tertiary/aromatic N) is 1. The molecule has 1 heteroatoms. The molecule has 0 saturated heterocycles. The maximum Gasteiger partial charge on any atom is 0.0506 e. The third kappa shape index (κ3) is 1.19. The molecule has 1 aliphatic rings. The van der Waals surface area contributed by atoms with Gasteiger partial charge in [0.1, 0.15) is 0 Å². The van der Waals surface area contributed by atoms with Crippen molar-refractivity contribution in [3.05, 3.63) is 11.6 Å². The minimum absolute atomic E-state index is 0.513. The molecule has 0 saturated carbocycles. The first-order chi connectivity index (χ1) is 3.79. The van der Waals surface area contributed by atoms with Crippen LogP contribution in [0.2, 0.25) is 0 Å². The van der Waals surface area contributed by atoms with Gasteiger partial charge in [0.05, 0.1) is 6.04 Å². The van der Waals surface area contributed by atoms with E-state index in [9.17, 15) is 0 Å². The number of allylic oxidation sites excluding steroid dienone is 1. The largest absolute Gasteiger partial charge is 0.290 e. The SMILES string of the molecule is CC1=CC[C@H](C)N=C1. The summed E-state index contributed by atoms with van der Waals surface area (Å²) in [5, 5.41) is 0.